The highest BCUT2D eigenvalue weighted by atomic mass is 16.5. The van der Waals surface area contributed by atoms with Crippen molar-refractivity contribution >= 4 is 23.2 Å². The van der Waals surface area contributed by atoms with E-state index in [1.165, 1.54) is 13.4 Å². The van der Waals surface area contributed by atoms with E-state index in [0.29, 0.717) is 16.8 Å². The number of fused-ring (bicyclic) bond motifs is 1. The molecule has 0 spiro atoms. The zero-order chi connectivity index (χ0) is 16.9. The van der Waals surface area contributed by atoms with Crippen molar-refractivity contribution in [3.8, 4) is 0 Å². The summed E-state index contributed by atoms with van der Waals surface area (Å²) in [6.45, 7) is 2.46. The molecule has 1 fully saturated rings. The van der Waals surface area contributed by atoms with Crippen LogP contribution in [0.15, 0.2) is 30.4 Å². The van der Waals surface area contributed by atoms with Crippen molar-refractivity contribution in [3.05, 3.63) is 36.1 Å². The Labute approximate surface area is 140 Å². The topological polar surface area (TPSA) is 79.1 Å². The molecule has 1 aliphatic heterocycles. The average Bonchev–Trinajstić information content (AvgIpc) is 3.06. The summed E-state index contributed by atoms with van der Waals surface area (Å²) in [5, 5.41) is 0. The minimum atomic E-state index is -0.355. The first kappa shape index (κ1) is 16.3. The van der Waals surface area contributed by atoms with E-state index in [1.807, 2.05) is 4.57 Å². The Morgan fingerprint density at radius 3 is 3.00 bits per heavy atom. The minimum Gasteiger partial charge on any atom is -0.466 e. The summed E-state index contributed by atoms with van der Waals surface area (Å²) in [4.78, 5) is 24.4. The Bertz CT molecular complexity index is 788. The van der Waals surface area contributed by atoms with Crippen LogP contribution in [0.1, 0.15) is 38.1 Å². The fraction of sp³-hybridized carbons (Fsp3) is 0.412. The molecule has 7 nitrogen and oxygen atoms in total. The third-order valence-corrected chi connectivity index (χ3v) is 3.96. The van der Waals surface area contributed by atoms with Crippen LogP contribution in [0.4, 0.5) is 0 Å². The zero-order valence-electron chi connectivity index (χ0n) is 13.8. The maximum atomic E-state index is 11.4. The van der Waals surface area contributed by atoms with E-state index in [2.05, 4.69) is 19.7 Å². The average molecular weight is 328 g/mol. The number of ether oxygens (including phenoxy) is 2. The molecule has 0 bridgehead atoms. The molecule has 3 rings (SSSR count). The molecule has 126 valence electrons. The van der Waals surface area contributed by atoms with Gasteiger partial charge in [-0.25, -0.2) is 19.7 Å². The molecule has 2 aromatic heterocycles. The first-order valence-corrected chi connectivity index (χ1v) is 7.93. The summed E-state index contributed by atoms with van der Waals surface area (Å²) in [5.74, 6) is -0.355. The Kier molecular flexibility index (Phi) is 5.00. The fourth-order valence-corrected chi connectivity index (χ4v) is 2.66. The monoisotopic (exact) mass is 328 g/mol. The molecule has 3 heterocycles. The van der Waals surface area contributed by atoms with E-state index < -0.39 is 0 Å². The van der Waals surface area contributed by atoms with Crippen LogP contribution in [0.25, 0.3) is 17.2 Å². The van der Waals surface area contributed by atoms with Crippen LogP contribution in [-0.4, -0.2) is 39.2 Å². The van der Waals surface area contributed by atoms with Crippen molar-refractivity contribution in [1.29, 1.82) is 0 Å². The minimum absolute atomic E-state index is 0.0167. The first-order chi connectivity index (χ1) is 11.7. The normalized spacial score (nSPS) is 19.1. The summed E-state index contributed by atoms with van der Waals surface area (Å²) in [6, 6.07) is 0. The van der Waals surface area contributed by atoms with Crippen LogP contribution in [-0.2, 0) is 14.3 Å². The van der Waals surface area contributed by atoms with Crippen molar-refractivity contribution in [2.75, 3.05) is 13.7 Å². The number of allylic oxidation sites excluding steroid dienone is 2. The second-order valence-electron chi connectivity index (χ2n) is 5.60. The fourth-order valence-electron chi connectivity index (χ4n) is 2.66. The number of hydrogen-bond donors (Lipinski definition) is 0. The van der Waals surface area contributed by atoms with Gasteiger partial charge in [0.05, 0.1) is 19.1 Å². The number of carbonyl (C=O) groups is 1. The highest BCUT2D eigenvalue weighted by Gasteiger charge is 2.19. The highest BCUT2D eigenvalue weighted by molar-refractivity contribution is 5.88. The Morgan fingerprint density at radius 1 is 1.38 bits per heavy atom. The SMILES string of the molecule is COC(=O)/C(C)=C/C=C/c1ncnc2c1ncn2C1CCCCO1. The lowest BCUT2D eigenvalue weighted by Gasteiger charge is -2.23. The molecular formula is C17H20N4O3. The standard InChI is InChI=1S/C17H20N4O3/c1-12(17(22)23-2)6-5-7-13-15-16(19-10-18-13)21(11-20-15)14-8-3-4-9-24-14/h5-7,10-11,14H,3-4,8-9H2,1-2H3/b7-5+,12-6+. The van der Waals surface area contributed by atoms with E-state index in [0.717, 1.165) is 31.5 Å². The van der Waals surface area contributed by atoms with Crippen LogP contribution in [0.3, 0.4) is 0 Å². The van der Waals surface area contributed by atoms with Gasteiger partial charge in [-0.15, -0.1) is 0 Å². The summed E-state index contributed by atoms with van der Waals surface area (Å²) in [7, 11) is 1.36. The van der Waals surface area contributed by atoms with Crippen LogP contribution in [0, 0.1) is 0 Å². The van der Waals surface area contributed by atoms with E-state index in [4.69, 9.17) is 4.74 Å². The van der Waals surface area contributed by atoms with Crippen molar-refractivity contribution in [2.45, 2.75) is 32.4 Å². The Morgan fingerprint density at radius 2 is 2.25 bits per heavy atom. The van der Waals surface area contributed by atoms with E-state index in [1.54, 1.807) is 31.5 Å². The van der Waals surface area contributed by atoms with E-state index in [9.17, 15) is 4.79 Å². The summed E-state index contributed by atoms with van der Waals surface area (Å²) >= 11 is 0. The molecule has 0 aromatic carbocycles. The van der Waals surface area contributed by atoms with Crippen LogP contribution in [0.5, 0.6) is 0 Å². The van der Waals surface area contributed by atoms with Gasteiger partial charge in [0.15, 0.2) is 5.65 Å². The molecule has 0 N–H and O–H groups in total. The van der Waals surface area contributed by atoms with E-state index in [-0.39, 0.29) is 12.2 Å². The van der Waals surface area contributed by atoms with Gasteiger partial charge in [0.2, 0.25) is 0 Å². The predicted octanol–water partition coefficient (Wildman–Crippen LogP) is 2.66. The second kappa shape index (κ2) is 7.35. The number of carbonyl (C=O) groups excluding carboxylic acids is 1. The van der Waals surface area contributed by atoms with Crippen molar-refractivity contribution in [1.82, 2.24) is 19.5 Å². The highest BCUT2D eigenvalue weighted by Crippen LogP contribution is 2.26. The van der Waals surface area contributed by atoms with Gasteiger partial charge in [-0.3, -0.25) is 4.57 Å². The number of nitrogens with zero attached hydrogens (tertiary/aromatic N) is 4. The van der Waals surface area contributed by atoms with Gasteiger partial charge in [-0.2, -0.15) is 0 Å². The van der Waals surface area contributed by atoms with Crippen LogP contribution < -0.4 is 0 Å². The lowest BCUT2D eigenvalue weighted by Crippen LogP contribution is -2.17. The second-order valence-corrected chi connectivity index (χ2v) is 5.60. The van der Waals surface area contributed by atoms with Gasteiger partial charge in [-0.05, 0) is 32.3 Å². The molecule has 7 heteroatoms. The summed E-state index contributed by atoms with van der Waals surface area (Å²) in [6.07, 6.45) is 11.7. The maximum absolute atomic E-state index is 11.4. The molecule has 24 heavy (non-hydrogen) atoms. The zero-order valence-corrected chi connectivity index (χ0v) is 13.8. The molecule has 1 unspecified atom stereocenters. The third-order valence-electron chi connectivity index (χ3n) is 3.96. The van der Waals surface area contributed by atoms with Gasteiger partial charge < -0.3 is 9.47 Å². The van der Waals surface area contributed by atoms with Crippen LogP contribution in [0.2, 0.25) is 0 Å². The number of methoxy groups -OCH3 is 1. The van der Waals surface area contributed by atoms with Crippen molar-refractivity contribution in [3.63, 3.8) is 0 Å². The first-order valence-electron chi connectivity index (χ1n) is 7.93. The molecule has 0 amide bonds. The van der Waals surface area contributed by atoms with E-state index >= 15 is 0 Å². The van der Waals surface area contributed by atoms with Crippen molar-refractivity contribution < 1.29 is 14.3 Å². The summed E-state index contributed by atoms with van der Waals surface area (Å²) < 4.78 is 12.4. The molecule has 0 saturated carbocycles. The summed E-state index contributed by atoms with van der Waals surface area (Å²) in [5.41, 5.74) is 2.68. The van der Waals surface area contributed by atoms with Gasteiger partial charge in [0.25, 0.3) is 0 Å². The third kappa shape index (κ3) is 3.35. The van der Waals surface area contributed by atoms with Crippen molar-refractivity contribution in [2.24, 2.45) is 0 Å². The molecule has 0 aliphatic carbocycles. The largest absolute Gasteiger partial charge is 0.466 e. The molecule has 1 saturated heterocycles. The molecule has 0 radical (unpaired) electrons. The van der Waals surface area contributed by atoms with Gasteiger partial charge in [0, 0.05) is 12.2 Å². The number of aromatic nitrogens is 4. The Hall–Kier alpha value is -2.54. The maximum Gasteiger partial charge on any atom is 0.333 e. The Balaban J connectivity index is 1.87. The smallest absolute Gasteiger partial charge is 0.333 e. The predicted molar refractivity (Wildman–Crippen MR) is 89.0 cm³/mol. The van der Waals surface area contributed by atoms with Gasteiger partial charge in [-0.1, -0.05) is 12.2 Å². The van der Waals surface area contributed by atoms with Gasteiger partial charge >= 0.3 is 5.97 Å². The number of esters is 1. The molecule has 1 aliphatic rings. The molecule has 2 aromatic rings. The number of rotatable bonds is 4. The molecular weight excluding hydrogens is 308 g/mol. The van der Waals surface area contributed by atoms with Gasteiger partial charge in [0.1, 0.15) is 18.1 Å². The lowest BCUT2D eigenvalue weighted by molar-refractivity contribution is -0.136. The number of hydrogen-bond acceptors (Lipinski definition) is 6. The quantitative estimate of drug-likeness (QED) is 0.488. The lowest BCUT2D eigenvalue weighted by atomic mass is 10.2. The van der Waals surface area contributed by atoms with Crippen LogP contribution >= 0.6 is 0 Å². The molecule has 1 atom stereocenters. The number of imidazole rings is 1.